The van der Waals surface area contributed by atoms with E-state index >= 15 is 0 Å². The number of thiazole rings is 1. The molecule has 2 aromatic rings. The molecule has 1 aliphatic heterocycles. The second-order valence-electron chi connectivity index (χ2n) is 6.91. The van der Waals surface area contributed by atoms with Crippen LogP contribution < -0.4 is 10.1 Å². The van der Waals surface area contributed by atoms with Crippen molar-refractivity contribution in [2.45, 2.75) is 32.5 Å². The summed E-state index contributed by atoms with van der Waals surface area (Å²) in [6.45, 7) is 4.97. The Morgan fingerprint density at radius 1 is 1.30 bits per heavy atom. The number of benzene rings is 1. The lowest BCUT2D eigenvalue weighted by molar-refractivity contribution is -0.138. The van der Waals surface area contributed by atoms with Gasteiger partial charge in [-0.3, -0.25) is 4.90 Å². The highest BCUT2D eigenvalue weighted by molar-refractivity contribution is 7.16. The smallest absolute Gasteiger partial charge is 0.419 e. The second-order valence-corrected chi connectivity index (χ2v) is 8.00. The Balaban J connectivity index is 1.95. The van der Waals surface area contributed by atoms with Crippen LogP contribution in [0.1, 0.15) is 30.2 Å². The normalized spacial score (nSPS) is 16.5. The van der Waals surface area contributed by atoms with Crippen molar-refractivity contribution in [1.82, 2.24) is 9.88 Å². The van der Waals surface area contributed by atoms with Gasteiger partial charge in [-0.1, -0.05) is 6.92 Å². The minimum atomic E-state index is -4.48. The van der Waals surface area contributed by atoms with Crippen LogP contribution in [0.4, 0.5) is 18.3 Å². The number of ether oxygens (including phenoxy) is 1. The van der Waals surface area contributed by atoms with Gasteiger partial charge in [0.25, 0.3) is 0 Å². The summed E-state index contributed by atoms with van der Waals surface area (Å²) in [5, 5.41) is 3.71. The molecular formula is C19H24F3N3OS. The fraction of sp³-hybridized carbons (Fsp3) is 0.526. The summed E-state index contributed by atoms with van der Waals surface area (Å²) in [6.07, 6.45) is -2.19. The van der Waals surface area contributed by atoms with Gasteiger partial charge in [0, 0.05) is 24.0 Å². The number of likely N-dealkylation sites (tertiary alicyclic amines) is 1. The van der Waals surface area contributed by atoms with Crippen LogP contribution in [0.2, 0.25) is 0 Å². The van der Waals surface area contributed by atoms with Crippen molar-refractivity contribution in [1.29, 1.82) is 0 Å². The number of alkyl halides is 3. The molecule has 27 heavy (non-hydrogen) atoms. The van der Waals surface area contributed by atoms with Crippen LogP contribution >= 0.6 is 11.3 Å². The summed E-state index contributed by atoms with van der Waals surface area (Å²) < 4.78 is 45.1. The maximum atomic E-state index is 13.4. The molecule has 0 saturated carbocycles. The number of methoxy groups -OCH3 is 1. The van der Waals surface area contributed by atoms with Crippen LogP contribution in [0.25, 0.3) is 11.3 Å². The summed E-state index contributed by atoms with van der Waals surface area (Å²) in [6, 6.07) is 4.14. The standard InChI is InChI=1S/C19H24F3N3OS/c1-12-6-8-25(9-7-12)11-16-17(24-18(23-2)27-16)13-4-5-15(26-3)14(10-13)19(20,21)22/h4-5,10,12H,6-9,11H2,1-3H3,(H,23,24). The third-order valence-corrected chi connectivity index (χ3v) is 5.99. The molecule has 1 aromatic heterocycles. The first kappa shape index (κ1) is 19.9. The van der Waals surface area contributed by atoms with Gasteiger partial charge in [0.1, 0.15) is 5.75 Å². The first-order valence-electron chi connectivity index (χ1n) is 8.97. The molecule has 1 N–H and O–H groups in total. The van der Waals surface area contributed by atoms with Gasteiger partial charge in [-0.2, -0.15) is 13.2 Å². The van der Waals surface area contributed by atoms with Crippen molar-refractivity contribution in [3.05, 3.63) is 28.6 Å². The summed E-state index contributed by atoms with van der Waals surface area (Å²) in [5.41, 5.74) is 0.289. The molecule has 0 aliphatic carbocycles. The number of aromatic nitrogens is 1. The van der Waals surface area contributed by atoms with Gasteiger partial charge in [0.15, 0.2) is 5.13 Å². The van der Waals surface area contributed by atoms with Crippen LogP contribution in [0.15, 0.2) is 18.2 Å². The first-order valence-corrected chi connectivity index (χ1v) is 9.79. The molecule has 1 fully saturated rings. The van der Waals surface area contributed by atoms with E-state index in [0.717, 1.165) is 42.8 Å². The molecule has 0 unspecified atom stereocenters. The monoisotopic (exact) mass is 399 g/mol. The number of hydrogen-bond acceptors (Lipinski definition) is 5. The van der Waals surface area contributed by atoms with Gasteiger partial charge < -0.3 is 10.1 Å². The molecule has 148 valence electrons. The number of nitrogens with one attached hydrogen (secondary N) is 1. The van der Waals surface area contributed by atoms with Crippen molar-refractivity contribution in [3.8, 4) is 17.0 Å². The molecule has 1 aromatic carbocycles. The van der Waals surface area contributed by atoms with Gasteiger partial charge in [-0.05, 0) is 50.0 Å². The van der Waals surface area contributed by atoms with Crippen molar-refractivity contribution < 1.29 is 17.9 Å². The third-order valence-electron chi connectivity index (χ3n) is 4.93. The highest BCUT2D eigenvalue weighted by Gasteiger charge is 2.35. The lowest BCUT2D eigenvalue weighted by atomic mass is 9.99. The highest BCUT2D eigenvalue weighted by Crippen LogP contribution is 2.40. The van der Waals surface area contributed by atoms with Crippen molar-refractivity contribution >= 4 is 16.5 Å². The quantitative estimate of drug-likeness (QED) is 0.758. The molecule has 4 nitrogen and oxygen atoms in total. The average molecular weight is 399 g/mol. The molecule has 1 aliphatic rings. The van der Waals surface area contributed by atoms with Crippen LogP contribution in [0.5, 0.6) is 5.75 Å². The minimum absolute atomic E-state index is 0.179. The van der Waals surface area contributed by atoms with Crippen molar-refractivity contribution in [2.24, 2.45) is 5.92 Å². The van der Waals surface area contributed by atoms with Crippen LogP contribution in [0.3, 0.4) is 0 Å². The van der Waals surface area contributed by atoms with Gasteiger partial charge in [-0.25, -0.2) is 4.98 Å². The molecule has 2 heterocycles. The van der Waals surface area contributed by atoms with E-state index in [-0.39, 0.29) is 5.75 Å². The predicted molar refractivity (Wildman–Crippen MR) is 102 cm³/mol. The summed E-state index contributed by atoms with van der Waals surface area (Å²) >= 11 is 1.50. The van der Waals surface area contributed by atoms with Gasteiger partial charge in [-0.15, -0.1) is 11.3 Å². The molecule has 0 spiro atoms. The second kappa shape index (κ2) is 8.06. The van der Waals surface area contributed by atoms with Crippen LogP contribution in [-0.2, 0) is 12.7 Å². The Bertz CT molecular complexity index is 783. The first-order chi connectivity index (χ1) is 12.8. The Morgan fingerprint density at radius 3 is 2.59 bits per heavy atom. The largest absolute Gasteiger partial charge is 0.496 e. The molecule has 8 heteroatoms. The zero-order valence-electron chi connectivity index (χ0n) is 15.7. The van der Waals surface area contributed by atoms with Gasteiger partial charge in [0.2, 0.25) is 0 Å². The van der Waals surface area contributed by atoms with E-state index in [4.69, 9.17) is 4.74 Å². The molecule has 0 radical (unpaired) electrons. The molecule has 1 saturated heterocycles. The lowest BCUT2D eigenvalue weighted by Gasteiger charge is -2.29. The Labute approximate surface area is 161 Å². The summed E-state index contributed by atoms with van der Waals surface area (Å²) in [5.74, 6) is 0.549. The Kier molecular flexibility index (Phi) is 5.95. The van der Waals surface area contributed by atoms with E-state index in [1.807, 2.05) is 0 Å². The number of anilines is 1. The van der Waals surface area contributed by atoms with Gasteiger partial charge >= 0.3 is 6.18 Å². The lowest BCUT2D eigenvalue weighted by Crippen LogP contribution is -2.32. The number of halogens is 3. The molecular weight excluding hydrogens is 375 g/mol. The van der Waals surface area contributed by atoms with Gasteiger partial charge in [0.05, 0.1) is 18.4 Å². The SMILES string of the molecule is CNc1nc(-c2ccc(OC)c(C(F)(F)F)c2)c(CN2CCC(C)CC2)s1. The zero-order chi connectivity index (χ0) is 19.6. The Morgan fingerprint density at radius 2 is 2.00 bits per heavy atom. The highest BCUT2D eigenvalue weighted by atomic mass is 32.1. The predicted octanol–water partition coefficient (Wildman–Crippen LogP) is 5.11. The van der Waals surface area contributed by atoms with Crippen LogP contribution in [0, 0.1) is 5.92 Å². The van der Waals surface area contributed by atoms with E-state index in [1.165, 1.54) is 24.5 Å². The third kappa shape index (κ3) is 4.55. The van der Waals surface area contributed by atoms with E-state index in [2.05, 4.69) is 22.1 Å². The van der Waals surface area contributed by atoms with Crippen molar-refractivity contribution in [3.63, 3.8) is 0 Å². The summed E-state index contributed by atoms with van der Waals surface area (Å²) in [4.78, 5) is 7.86. The fourth-order valence-corrected chi connectivity index (χ4v) is 4.27. The zero-order valence-corrected chi connectivity index (χ0v) is 16.5. The van der Waals surface area contributed by atoms with Crippen LogP contribution in [-0.4, -0.2) is 37.1 Å². The molecule has 0 bridgehead atoms. The molecule has 3 rings (SSSR count). The maximum Gasteiger partial charge on any atom is 0.419 e. The molecule has 0 atom stereocenters. The fourth-order valence-electron chi connectivity index (χ4n) is 3.29. The van der Waals surface area contributed by atoms with Crippen molar-refractivity contribution in [2.75, 3.05) is 32.6 Å². The Hall–Kier alpha value is -1.80. The number of hydrogen-bond donors (Lipinski definition) is 1. The average Bonchev–Trinajstić information content (AvgIpc) is 3.05. The minimum Gasteiger partial charge on any atom is -0.496 e. The number of piperidine rings is 1. The van der Waals surface area contributed by atoms with E-state index < -0.39 is 11.7 Å². The number of rotatable bonds is 5. The number of nitrogens with zero attached hydrogens (tertiary/aromatic N) is 2. The maximum absolute atomic E-state index is 13.4. The summed E-state index contributed by atoms with van der Waals surface area (Å²) in [7, 11) is 3.01. The topological polar surface area (TPSA) is 37.4 Å². The van der Waals surface area contributed by atoms with E-state index in [9.17, 15) is 13.2 Å². The molecule has 0 amide bonds. The van der Waals surface area contributed by atoms with E-state index in [1.54, 1.807) is 13.1 Å². The van der Waals surface area contributed by atoms with E-state index in [0.29, 0.717) is 22.9 Å².